The Hall–Kier alpha value is -2.02. The molecule has 0 aliphatic carbocycles. The topological polar surface area (TPSA) is 101 Å². The minimum atomic E-state index is -1.14. The molecule has 7 heteroatoms. The van der Waals surface area contributed by atoms with Crippen molar-refractivity contribution in [1.82, 2.24) is 10.6 Å². The molecule has 1 heterocycles. The molecule has 0 saturated carbocycles. The largest absolute Gasteiger partial charge is 0.475 e. The van der Waals surface area contributed by atoms with Crippen LogP contribution in [0.3, 0.4) is 0 Å². The molecule has 0 bridgehead atoms. The summed E-state index contributed by atoms with van der Waals surface area (Å²) < 4.78 is 10.3. The molecule has 112 valence electrons. The molecule has 0 aromatic carbocycles. The van der Waals surface area contributed by atoms with Crippen molar-refractivity contribution in [2.45, 2.75) is 20.4 Å². The van der Waals surface area contributed by atoms with E-state index in [0.717, 1.165) is 0 Å². The lowest BCUT2D eigenvalue weighted by molar-refractivity contribution is 0.0660. The van der Waals surface area contributed by atoms with Gasteiger partial charge in [-0.1, -0.05) is 13.8 Å². The molecule has 1 aromatic rings. The Morgan fingerprint density at radius 2 is 2.10 bits per heavy atom. The molecule has 1 aromatic heterocycles. The first-order chi connectivity index (χ1) is 9.49. The Kier molecular flexibility index (Phi) is 6.58. The van der Waals surface area contributed by atoms with Crippen LogP contribution in [-0.4, -0.2) is 36.9 Å². The summed E-state index contributed by atoms with van der Waals surface area (Å²) in [5.41, 5.74) is 0. The second-order valence-electron chi connectivity index (χ2n) is 4.65. The zero-order valence-electron chi connectivity index (χ0n) is 11.6. The van der Waals surface area contributed by atoms with E-state index in [-0.39, 0.29) is 18.3 Å². The molecule has 1 rings (SSSR count). The van der Waals surface area contributed by atoms with Gasteiger partial charge in [-0.25, -0.2) is 9.59 Å². The van der Waals surface area contributed by atoms with Crippen LogP contribution in [0.4, 0.5) is 4.79 Å². The van der Waals surface area contributed by atoms with Crippen molar-refractivity contribution in [3.05, 3.63) is 23.7 Å². The second-order valence-corrected chi connectivity index (χ2v) is 4.65. The number of furan rings is 1. The molecule has 0 radical (unpaired) electrons. The van der Waals surface area contributed by atoms with Gasteiger partial charge in [0.05, 0.1) is 13.2 Å². The van der Waals surface area contributed by atoms with E-state index in [1.54, 1.807) is 0 Å². The van der Waals surface area contributed by atoms with Crippen molar-refractivity contribution in [3.8, 4) is 0 Å². The van der Waals surface area contributed by atoms with Crippen molar-refractivity contribution in [1.29, 1.82) is 0 Å². The zero-order valence-corrected chi connectivity index (χ0v) is 11.6. The molecule has 7 nitrogen and oxygen atoms in total. The Morgan fingerprint density at radius 1 is 1.35 bits per heavy atom. The summed E-state index contributed by atoms with van der Waals surface area (Å²) in [6.07, 6.45) is 0. The maximum Gasteiger partial charge on any atom is 0.371 e. The van der Waals surface area contributed by atoms with E-state index in [0.29, 0.717) is 31.4 Å². The van der Waals surface area contributed by atoms with Gasteiger partial charge in [-0.15, -0.1) is 0 Å². The van der Waals surface area contributed by atoms with Gasteiger partial charge in [0.15, 0.2) is 0 Å². The fourth-order valence-electron chi connectivity index (χ4n) is 1.37. The van der Waals surface area contributed by atoms with Gasteiger partial charge in [-0.3, -0.25) is 0 Å². The smallest absolute Gasteiger partial charge is 0.371 e. The number of carbonyl (C=O) groups is 2. The highest BCUT2D eigenvalue weighted by atomic mass is 16.5. The Bertz CT molecular complexity index is 442. The third-order valence-electron chi connectivity index (χ3n) is 2.28. The van der Waals surface area contributed by atoms with E-state index in [2.05, 4.69) is 24.5 Å². The number of carboxylic acid groups (broad SMARTS) is 1. The van der Waals surface area contributed by atoms with Crippen LogP contribution < -0.4 is 10.6 Å². The van der Waals surface area contributed by atoms with Crippen LogP contribution >= 0.6 is 0 Å². The molecule has 3 N–H and O–H groups in total. The average molecular weight is 284 g/mol. The maximum absolute atomic E-state index is 11.4. The number of rotatable bonds is 8. The first-order valence-electron chi connectivity index (χ1n) is 6.40. The summed E-state index contributed by atoms with van der Waals surface area (Å²) in [5.74, 6) is -0.438. The molecule has 0 saturated heterocycles. The van der Waals surface area contributed by atoms with E-state index in [1.165, 1.54) is 12.1 Å². The van der Waals surface area contributed by atoms with Gasteiger partial charge < -0.3 is 24.9 Å². The Labute approximate surface area is 117 Å². The van der Waals surface area contributed by atoms with Crippen LogP contribution in [-0.2, 0) is 11.3 Å². The van der Waals surface area contributed by atoms with Crippen molar-refractivity contribution >= 4 is 12.0 Å². The van der Waals surface area contributed by atoms with Crippen LogP contribution in [0, 0.1) is 5.92 Å². The zero-order chi connectivity index (χ0) is 15.0. The van der Waals surface area contributed by atoms with Crippen LogP contribution in [0.1, 0.15) is 30.2 Å². The number of carboxylic acids is 1. The van der Waals surface area contributed by atoms with Crippen LogP contribution in [0.5, 0.6) is 0 Å². The van der Waals surface area contributed by atoms with Gasteiger partial charge in [0.2, 0.25) is 5.76 Å². The lowest BCUT2D eigenvalue weighted by Gasteiger charge is -2.08. The molecule has 20 heavy (non-hydrogen) atoms. The number of hydrogen-bond donors (Lipinski definition) is 3. The maximum atomic E-state index is 11.4. The summed E-state index contributed by atoms with van der Waals surface area (Å²) in [6, 6.07) is 2.50. The van der Waals surface area contributed by atoms with Gasteiger partial charge in [-0.05, 0) is 18.1 Å². The third kappa shape index (κ3) is 6.24. The quantitative estimate of drug-likeness (QED) is 0.627. The number of nitrogens with one attached hydrogen (secondary N) is 2. The summed E-state index contributed by atoms with van der Waals surface area (Å²) >= 11 is 0. The molecule has 0 unspecified atom stereocenters. The van der Waals surface area contributed by atoms with E-state index < -0.39 is 5.97 Å². The number of hydrogen-bond acceptors (Lipinski definition) is 4. The minimum Gasteiger partial charge on any atom is -0.475 e. The van der Waals surface area contributed by atoms with Crippen molar-refractivity contribution in [2.24, 2.45) is 5.92 Å². The average Bonchev–Trinajstić information content (AvgIpc) is 2.84. The first kappa shape index (κ1) is 16.0. The number of aromatic carboxylic acids is 1. The fraction of sp³-hybridized carbons (Fsp3) is 0.538. The molecule has 0 aliphatic rings. The normalized spacial score (nSPS) is 10.6. The van der Waals surface area contributed by atoms with Gasteiger partial charge in [0.1, 0.15) is 5.76 Å². The van der Waals surface area contributed by atoms with Crippen molar-refractivity contribution in [3.63, 3.8) is 0 Å². The van der Waals surface area contributed by atoms with Gasteiger partial charge >= 0.3 is 12.0 Å². The summed E-state index contributed by atoms with van der Waals surface area (Å²) in [6.45, 7) is 5.76. The van der Waals surface area contributed by atoms with Crippen molar-refractivity contribution in [2.75, 3.05) is 19.8 Å². The van der Waals surface area contributed by atoms with Gasteiger partial charge in [0, 0.05) is 13.2 Å². The van der Waals surface area contributed by atoms with E-state index >= 15 is 0 Å². The number of urea groups is 1. The highest BCUT2D eigenvalue weighted by molar-refractivity contribution is 5.84. The number of ether oxygens (including phenoxy) is 1. The van der Waals surface area contributed by atoms with E-state index in [1.807, 2.05) is 0 Å². The highest BCUT2D eigenvalue weighted by Crippen LogP contribution is 2.07. The molecule has 0 aliphatic heterocycles. The highest BCUT2D eigenvalue weighted by Gasteiger charge is 2.09. The molecule has 0 spiro atoms. The summed E-state index contributed by atoms with van der Waals surface area (Å²) in [5, 5.41) is 13.9. The standard InChI is InChI=1S/C13H20N2O5/c1-9(2)8-19-6-5-14-13(18)15-7-10-3-4-11(20-10)12(16)17/h3-4,9H,5-8H2,1-2H3,(H,16,17)(H2,14,15,18). The predicted molar refractivity (Wildman–Crippen MR) is 71.6 cm³/mol. The Balaban J connectivity index is 2.14. The summed E-state index contributed by atoms with van der Waals surface area (Å²) in [4.78, 5) is 22.0. The molecular weight excluding hydrogens is 264 g/mol. The van der Waals surface area contributed by atoms with Crippen LogP contribution in [0.25, 0.3) is 0 Å². The fourth-order valence-corrected chi connectivity index (χ4v) is 1.37. The van der Waals surface area contributed by atoms with Gasteiger partial charge in [0.25, 0.3) is 0 Å². The van der Waals surface area contributed by atoms with Crippen molar-refractivity contribution < 1.29 is 23.8 Å². The number of amides is 2. The first-order valence-corrected chi connectivity index (χ1v) is 6.40. The van der Waals surface area contributed by atoms with Crippen LogP contribution in [0.2, 0.25) is 0 Å². The van der Waals surface area contributed by atoms with Gasteiger partial charge in [-0.2, -0.15) is 0 Å². The van der Waals surface area contributed by atoms with Crippen LogP contribution in [0.15, 0.2) is 16.5 Å². The number of carbonyl (C=O) groups excluding carboxylic acids is 1. The van der Waals surface area contributed by atoms with E-state index in [4.69, 9.17) is 14.3 Å². The van der Waals surface area contributed by atoms with E-state index in [9.17, 15) is 9.59 Å². The molecule has 0 fully saturated rings. The monoisotopic (exact) mass is 284 g/mol. The molecule has 2 amide bonds. The SMILES string of the molecule is CC(C)COCCNC(=O)NCc1ccc(C(=O)O)o1. The predicted octanol–water partition coefficient (Wildman–Crippen LogP) is 1.45. The molecule has 0 atom stereocenters. The molecular formula is C13H20N2O5. The summed E-state index contributed by atoms with van der Waals surface area (Å²) in [7, 11) is 0. The lowest BCUT2D eigenvalue weighted by atomic mass is 10.2. The minimum absolute atomic E-state index is 0.131. The third-order valence-corrected chi connectivity index (χ3v) is 2.28. The Morgan fingerprint density at radius 3 is 2.70 bits per heavy atom. The second kappa shape index (κ2) is 8.21. The lowest BCUT2D eigenvalue weighted by Crippen LogP contribution is -2.36.